The molecule has 29 heavy (non-hydrogen) atoms. The molecule has 1 amide bonds. The lowest BCUT2D eigenvalue weighted by atomic mass is 9.88. The van der Waals surface area contributed by atoms with Gasteiger partial charge in [-0.25, -0.2) is 0 Å². The lowest BCUT2D eigenvalue weighted by Crippen LogP contribution is -2.50. The van der Waals surface area contributed by atoms with Gasteiger partial charge in [-0.2, -0.15) is 0 Å². The van der Waals surface area contributed by atoms with E-state index in [-0.39, 0.29) is 18.2 Å². The van der Waals surface area contributed by atoms with Crippen molar-refractivity contribution in [1.82, 2.24) is 4.90 Å². The maximum absolute atomic E-state index is 13.4. The van der Waals surface area contributed by atoms with Crippen LogP contribution in [0.15, 0.2) is 47.5 Å². The molecular weight excluding hydrogens is 407 g/mol. The van der Waals surface area contributed by atoms with Gasteiger partial charge in [0.1, 0.15) is 11.4 Å². The summed E-state index contributed by atoms with van der Waals surface area (Å²) in [5, 5.41) is 1.18. The number of carbonyl (C=O) groups excluding carboxylic acids is 2. The van der Waals surface area contributed by atoms with Gasteiger partial charge in [0.25, 0.3) is 5.91 Å². The van der Waals surface area contributed by atoms with Crippen LogP contribution in [0.3, 0.4) is 0 Å². The van der Waals surface area contributed by atoms with Crippen LogP contribution in [0.25, 0.3) is 0 Å². The van der Waals surface area contributed by atoms with Crippen LogP contribution >= 0.6 is 23.2 Å². The second-order valence-electron chi connectivity index (χ2n) is 7.79. The molecule has 1 spiro atoms. The largest absolute Gasteiger partial charge is 0.305 e. The minimum Gasteiger partial charge on any atom is -0.305 e. The lowest BCUT2D eigenvalue weighted by molar-refractivity contribution is -0.128. The number of hydrogen-bond donors (Lipinski definition) is 0. The average molecular weight is 429 g/mol. The second-order valence-corrected chi connectivity index (χ2v) is 8.64. The Balaban J connectivity index is 1.67. The van der Waals surface area contributed by atoms with Gasteiger partial charge in [-0.15, -0.1) is 0 Å². The number of Topliss-reactive ketones (excluding diaryl/α,β-unsaturated/α-hetero) is 1. The zero-order chi connectivity index (χ0) is 20.6. The van der Waals surface area contributed by atoms with E-state index >= 15 is 0 Å². The number of carbonyl (C=O) groups is 2. The van der Waals surface area contributed by atoms with Gasteiger partial charge >= 0.3 is 0 Å². The Kier molecular flexibility index (Phi) is 5.50. The molecule has 0 atom stereocenters. The SMILES string of the molecule is Cc1cc(C(=O)CN2C(=O)C(c3cccc(Cl)c3)=NC23CCCCC3)ccc1Cl. The minimum absolute atomic E-state index is 0.00741. The lowest BCUT2D eigenvalue weighted by Gasteiger charge is -2.38. The number of hydrogen-bond acceptors (Lipinski definition) is 3. The van der Waals surface area contributed by atoms with Crippen molar-refractivity contribution in [1.29, 1.82) is 0 Å². The quantitative estimate of drug-likeness (QED) is 0.605. The Hall–Kier alpha value is -2.17. The van der Waals surface area contributed by atoms with Crippen molar-refractivity contribution in [2.24, 2.45) is 4.99 Å². The van der Waals surface area contributed by atoms with Gasteiger partial charge in [0.2, 0.25) is 0 Å². The Morgan fingerprint density at radius 2 is 1.86 bits per heavy atom. The predicted octanol–water partition coefficient (Wildman–Crippen LogP) is 5.48. The molecule has 0 radical (unpaired) electrons. The summed E-state index contributed by atoms with van der Waals surface area (Å²) in [6, 6.07) is 12.4. The molecule has 2 aliphatic rings. The molecule has 2 aromatic rings. The van der Waals surface area contributed by atoms with E-state index in [2.05, 4.69) is 0 Å². The van der Waals surface area contributed by atoms with Crippen molar-refractivity contribution in [2.45, 2.75) is 44.7 Å². The summed E-state index contributed by atoms with van der Waals surface area (Å²) in [4.78, 5) is 32.9. The molecule has 1 aliphatic carbocycles. The number of halogens is 2. The Bertz CT molecular complexity index is 1010. The molecule has 1 heterocycles. The van der Waals surface area contributed by atoms with E-state index in [1.54, 1.807) is 35.2 Å². The third-order valence-corrected chi connectivity index (χ3v) is 6.46. The number of rotatable bonds is 4. The molecular formula is C23H22Cl2N2O2. The molecule has 1 saturated carbocycles. The second kappa shape index (κ2) is 7.92. The van der Waals surface area contributed by atoms with Crippen molar-refractivity contribution in [3.8, 4) is 0 Å². The highest BCUT2D eigenvalue weighted by Gasteiger charge is 2.48. The van der Waals surface area contributed by atoms with E-state index < -0.39 is 5.66 Å². The molecule has 4 nitrogen and oxygen atoms in total. The maximum Gasteiger partial charge on any atom is 0.275 e. The fraction of sp³-hybridized carbons (Fsp3) is 0.348. The molecule has 2 aromatic carbocycles. The molecule has 0 aromatic heterocycles. The first kappa shape index (κ1) is 20.1. The molecule has 0 saturated heterocycles. The van der Waals surface area contributed by atoms with Crippen LogP contribution < -0.4 is 0 Å². The summed E-state index contributed by atoms with van der Waals surface area (Å²) >= 11 is 12.2. The number of amides is 1. The molecule has 1 aliphatic heterocycles. The average Bonchev–Trinajstić information content (AvgIpc) is 2.96. The third-order valence-electron chi connectivity index (χ3n) is 5.80. The molecule has 4 rings (SSSR count). The van der Waals surface area contributed by atoms with Gasteiger partial charge < -0.3 is 4.90 Å². The summed E-state index contributed by atoms with van der Waals surface area (Å²) in [5.74, 6) is -0.307. The molecule has 6 heteroatoms. The van der Waals surface area contributed by atoms with Crippen molar-refractivity contribution in [3.63, 3.8) is 0 Å². The maximum atomic E-state index is 13.4. The fourth-order valence-electron chi connectivity index (χ4n) is 4.23. The number of ketones is 1. The van der Waals surface area contributed by atoms with E-state index in [0.29, 0.717) is 26.9 Å². The topological polar surface area (TPSA) is 49.7 Å². The molecule has 0 bridgehead atoms. The first-order valence-electron chi connectivity index (χ1n) is 9.87. The molecule has 0 unspecified atom stereocenters. The van der Waals surface area contributed by atoms with Crippen molar-refractivity contribution in [3.05, 3.63) is 69.2 Å². The van der Waals surface area contributed by atoms with Crippen LogP contribution in [0.4, 0.5) is 0 Å². The van der Waals surface area contributed by atoms with E-state index in [9.17, 15) is 9.59 Å². The highest BCUT2D eigenvalue weighted by atomic mass is 35.5. The van der Waals surface area contributed by atoms with Crippen LogP contribution in [0.1, 0.15) is 53.6 Å². The zero-order valence-corrected chi connectivity index (χ0v) is 17.8. The van der Waals surface area contributed by atoms with Crippen LogP contribution in [-0.2, 0) is 4.79 Å². The smallest absolute Gasteiger partial charge is 0.275 e. The zero-order valence-electron chi connectivity index (χ0n) is 16.3. The van der Waals surface area contributed by atoms with Gasteiger partial charge in [-0.05, 0) is 68.5 Å². The van der Waals surface area contributed by atoms with Crippen molar-refractivity contribution in [2.75, 3.05) is 6.54 Å². The number of aliphatic imine (C=N–C) groups is 1. The summed E-state index contributed by atoms with van der Waals surface area (Å²) in [6.45, 7) is 1.87. The summed E-state index contributed by atoms with van der Waals surface area (Å²) in [6.07, 6.45) is 4.65. The molecule has 1 fully saturated rings. The summed E-state index contributed by atoms with van der Waals surface area (Å²) in [5.41, 5.74) is 1.86. The summed E-state index contributed by atoms with van der Waals surface area (Å²) in [7, 11) is 0. The van der Waals surface area contributed by atoms with Crippen molar-refractivity contribution < 1.29 is 9.59 Å². The predicted molar refractivity (Wildman–Crippen MR) is 116 cm³/mol. The van der Waals surface area contributed by atoms with E-state index in [4.69, 9.17) is 28.2 Å². The van der Waals surface area contributed by atoms with Crippen LogP contribution in [0.5, 0.6) is 0 Å². The Morgan fingerprint density at radius 3 is 2.55 bits per heavy atom. The molecule has 0 N–H and O–H groups in total. The van der Waals surface area contributed by atoms with Crippen molar-refractivity contribution >= 4 is 40.6 Å². The standard InChI is InChI=1S/C23H22Cl2N2O2/c1-15-12-16(8-9-19(15)25)20(28)14-27-22(29)21(17-6-5-7-18(24)13-17)26-23(27)10-3-2-4-11-23/h5-9,12-13H,2-4,10-11,14H2,1H3. The molecule has 150 valence electrons. The van der Waals surface area contributed by atoms with Crippen LogP contribution in [0.2, 0.25) is 10.0 Å². The summed E-state index contributed by atoms with van der Waals surface area (Å²) < 4.78 is 0. The van der Waals surface area contributed by atoms with E-state index in [0.717, 1.165) is 37.7 Å². The highest BCUT2D eigenvalue weighted by molar-refractivity contribution is 6.47. The first-order valence-corrected chi connectivity index (χ1v) is 10.6. The van der Waals surface area contributed by atoms with Gasteiger partial charge in [0, 0.05) is 21.2 Å². The van der Waals surface area contributed by atoms with Crippen LogP contribution in [0, 0.1) is 6.92 Å². The minimum atomic E-state index is -0.635. The van der Waals surface area contributed by atoms with E-state index in [1.807, 2.05) is 19.1 Å². The van der Waals surface area contributed by atoms with Crippen LogP contribution in [-0.4, -0.2) is 34.5 Å². The third kappa shape index (κ3) is 3.84. The Morgan fingerprint density at radius 1 is 1.10 bits per heavy atom. The Labute approximate surface area is 180 Å². The first-order chi connectivity index (χ1) is 13.9. The number of nitrogens with zero attached hydrogens (tertiary/aromatic N) is 2. The van der Waals surface area contributed by atoms with Gasteiger partial charge in [-0.3, -0.25) is 14.6 Å². The highest BCUT2D eigenvalue weighted by Crippen LogP contribution is 2.40. The van der Waals surface area contributed by atoms with Gasteiger partial charge in [0.05, 0.1) is 6.54 Å². The monoisotopic (exact) mass is 428 g/mol. The normalized spacial score (nSPS) is 18.2. The van der Waals surface area contributed by atoms with Gasteiger partial charge in [0.15, 0.2) is 5.78 Å². The fourth-order valence-corrected chi connectivity index (χ4v) is 4.54. The number of aryl methyl sites for hydroxylation is 1. The number of benzene rings is 2. The van der Waals surface area contributed by atoms with Gasteiger partial charge in [-0.1, -0.05) is 41.8 Å². The van der Waals surface area contributed by atoms with E-state index in [1.165, 1.54) is 0 Å².